The standard InChI is InChI=1S/C18H20ClF3N4O2S/c1-9(17(2,3)4)25-26-16-24-15(28)13(29-16)8-14(27)23-12-7-10(18(20,21)22)5-6-11(12)19/h5-7,13H,8H2,1-4H3,(H,23,27)(H,24,26,28)/t13-/m1/s1. The molecular formula is C18H20ClF3N4O2S. The molecule has 0 radical (unpaired) electrons. The van der Waals surface area contributed by atoms with Crippen molar-refractivity contribution in [3.63, 3.8) is 0 Å². The zero-order valence-corrected chi connectivity index (χ0v) is 17.7. The largest absolute Gasteiger partial charge is 0.416 e. The minimum Gasteiger partial charge on any atom is -0.325 e. The predicted molar refractivity (Wildman–Crippen MR) is 109 cm³/mol. The van der Waals surface area contributed by atoms with E-state index in [2.05, 4.69) is 20.8 Å². The third kappa shape index (κ3) is 6.46. The van der Waals surface area contributed by atoms with Crippen molar-refractivity contribution >= 4 is 51.7 Å². The topological polar surface area (TPSA) is 82.9 Å². The summed E-state index contributed by atoms with van der Waals surface area (Å²) in [5, 5.41) is 12.4. The Balaban J connectivity index is 2.04. The number of hydrogen-bond donors (Lipinski definition) is 2. The highest BCUT2D eigenvalue weighted by Crippen LogP contribution is 2.34. The van der Waals surface area contributed by atoms with Gasteiger partial charge in [-0.15, -0.1) is 5.10 Å². The first-order valence-electron chi connectivity index (χ1n) is 8.54. The van der Waals surface area contributed by atoms with Crippen molar-refractivity contribution in [2.45, 2.75) is 45.5 Å². The average Bonchev–Trinajstić information content (AvgIpc) is 2.92. The van der Waals surface area contributed by atoms with Gasteiger partial charge in [-0.1, -0.05) is 44.1 Å². The molecule has 2 rings (SSSR count). The summed E-state index contributed by atoms with van der Waals surface area (Å²) in [5.41, 5.74) is -0.526. The van der Waals surface area contributed by atoms with E-state index < -0.39 is 28.8 Å². The van der Waals surface area contributed by atoms with Crippen LogP contribution in [0.15, 0.2) is 28.4 Å². The summed E-state index contributed by atoms with van der Waals surface area (Å²) in [5.74, 6) is -1.07. The third-order valence-corrected chi connectivity index (χ3v) is 5.49. The van der Waals surface area contributed by atoms with Gasteiger partial charge in [-0.2, -0.15) is 18.3 Å². The van der Waals surface area contributed by atoms with Gasteiger partial charge in [-0.05, 0) is 25.1 Å². The summed E-state index contributed by atoms with van der Waals surface area (Å²) in [6.45, 7) is 7.73. The molecule has 2 amide bonds. The molecule has 158 valence electrons. The highest BCUT2D eigenvalue weighted by atomic mass is 35.5. The average molecular weight is 449 g/mol. The van der Waals surface area contributed by atoms with E-state index in [1.165, 1.54) is 0 Å². The number of benzene rings is 1. The number of amides is 2. The van der Waals surface area contributed by atoms with Gasteiger partial charge in [0.15, 0.2) is 5.17 Å². The summed E-state index contributed by atoms with van der Waals surface area (Å²) in [6, 6.07) is 2.62. The number of hydrogen-bond acceptors (Lipinski definition) is 5. The van der Waals surface area contributed by atoms with Crippen molar-refractivity contribution in [3.05, 3.63) is 28.8 Å². The fourth-order valence-electron chi connectivity index (χ4n) is 2.02. The maximum atomic E-state index is 12.8. The van der Waals surface area contributed by atoms with Crippen LogP contribution in [0.25, 0.3) is 0 Å². The Kier molecular flexibility index (Phi) is 7.00. The lowest BCUT2D eigenvalue weighted by Crippen LogP contribution is -2.28. The van der Waals surface area contributed by atoms with E-state index in [1.54, 1.807) is 0 Å². The summed E-state index contributed by atoms with van der Waals surface area (Å²) in [4.78, 5) is 24.3. The Morgan fingerprint density at radius 1 is 1.31 bits per heavy atom. The molecule has 0 aromatic heterocycles. The van der Waals surface area contributed by atoms with Crippen molar-refractivity contribution in [1.29, 1.82) is 0 Å². The van der Waals surface area contributed by atoms with Gasteiger partial charge in [0, 0.05) is 17.5 Å². The molecule has 1 aromatic rings. The van der Waals surface area contributed by atoms with Gasteiger partial charge in [0.25, 0.3) is 0 Å². The van der Waals surface area contributed by atoms with Crippen LogP contribution in [0.1, 0.15) is 39.7 Å². The van der Waals surface area contributed by atoms with Crippen LogP contribution in [0.5, 0.6) is 0 Å². The lowest BCUT2D eigenvalue weighted by Gasteiger charge is -2.16. The Hall–Kier alpha value is -2.07. The van der Waals surface area contributed by atoms with E-state index >= 15 is 0 Å². The van der Waals surface area contributed by atoms with Crippen molar-refractivity contribution < 1.29 is 22.8 Å². The Bertz CT molecular complexity index is 879. The molecule has 1 fully saturated rings. The first kappa shape index (κ1) is 23.2. The molecule has 2 N–H and O–H groups in total. The summed E-state index contributed by atoms with van der Waals surface area (Å²) >= 11 is 6.90. The van der Waals surface area contributed by atoms with Crippen molar-refractivity contribution in [2.75, 3.05) is 5.32 Å². The zero-order valence-electron chi connectivity index (χ0n) is 16.1. The molecule has 29 heavy (non-hydrogen) atoms. The second-order valence-corrected chi connectivity index (χ2v) is 8.98. The molecule has 1 atom stereocenters. The van der Waals surface area contributed by atoms with Gasteiger partial charge < -0.3 is 10.6 Å². The van der Waals surface area contributed by atoms with Gasteiger partial charge in [-0.3, -0.25) is 9.59 Å². The normalized spacial score (nSPS) is 19.4. The number of carbonyl (C=O) groups excluding carboxylic acids is 2. The third-order valence-electron chi connectivity index (χ3n) is 4.09. The highest BCUT2D eigenvalue weighted by Gasteiger charge is 2.33. The molecule has 11 heteroatoms. The first-order chi connectivity index (χ1) is 13.3. The minimum absolute atomic E-state index is 0.0379. The summed E-state index contributed by atoms with van der Waals surface area (Å²) in [6.07, 6.45) is -4.83. The Labute approximate surface area is 175 Å². The van der Waals surface area contributed by atoms with E-state index in [-0.39, 0.29) is 27.7 Å². The molecule has 1 heterocycles. The van der Waals surface area contributed by atoms with E-state index in [0.717, 1.165) is 35.7 Å². The van der Waals surface area contributed by atoms with Crippen molar-refractivity contribution in [2.24, 2.45) is 15.6 Å². The molecule has 0 aliphatic carbocycles. The van der Waals surface area contributed by atoms with E-state index in [1.807, 2.05) is 27.7 Å². The molecule has 0 unspecified atom stereocenters. The fourth-order valence-corrected chi connectivity index (χ4v) is 3.11. The molecular weight excluding hydrogens is 429 g/mol. The van der Waals surface area contributed by atoms with Crippen molar-refractivity contribution in [1.82, 2.24) is 5.32 Å². The number of carbonyl (C=O) groups is 2. The lowest BCUT2D eigenvalue weighted by atomic mass is 9.91. The monoisotopic (exact) mass is 448 g/mol. The van der Waals surface area contributed by atoms with E-state index in [0.29, 0.717) is 0 Å². The minimum atomic E-state index is -4.57. The molecule has 6 nitrogen and oxygen atoms in total. The predicted octanol–water partition coefficient (Wildman–Crippen LogP) is 4.70. The van der Waals surface area contributed by atoms with Crippen LogP contribution in [0.2, 0.25) is 5.02 Å². The first-order valence-corrected chi connectivity index (χ1v) is 9.80. The van der Waals surface area contributed by atoms with Crippen LogP contribution in [0.4, 0.5) is 18.9 Å². The summed E-state index contributed by atoms with van der Waals surface area (Å²) < 4.78 is 38.5. The second kappa shape index (κ2) is 8.74. The SMILES string of the molecule is CC(=NN=C1NC(=O)[C@@H](CC(=O)Nc2cc(C(F)(F)F)ccc2Cl)S1)C(C)(C)C. The van der Waals surface area contributed by atoms with Crippen LogP contribution >= 0.6 is 23.4 Å². The lowest BCUT2D eigenvalue weighted by molar-refractivity contribution is -0.137. The maximum absolute atomic E-state index is 12.8. The Morgan fingerprint density at radius 2 is 1.97 bits per heavy atom. The number of nitrogens with zero attached hydrogens (tertiary/aromatic N) is 2. The second-order valence-electron chi connectivity index (χ2n) is 7.38. The molecule has 1 aliphatic rings. The van der Waals surface area contributed by atoms with Gasteiger partial charge in [0.2, 0.25) is 11.8 Å². The number of anilines is 1. The van der Waals surface area contributed by atoms with Gasteiger partial charge in [0.05, 0.1) is 16.3 Å². The van der Waals surface area contributed by atoms with Gasteiger partial charge in [0.1, 0.15) is 5.25 Å². The highest BCUT2D eigenvalue weighted by molar-refractivity contribution is 8.15. The van der Waals surface area contributed by atoms with Crippen LogP contribution in [0, 0.1) is 5.41 Å². The number of nitrogens with one attached hydrogen (secondary N) is 2. The van der Waals surface area contributed by atoms with E-state index in [9.17, 15) is 22.8 Å². The number of halogens is 4. The fraction of sp³-hybridized carbons (Fsp3) is 0.444. The summed E-state index contributed by atoms with van der Waals surface area (Å²) in [7, 11) is 0. The van der Waals surface area contributed by atoms with Crippen LogP contribution in [-0.4, -0.2) is 27.9 Å². The smallest absolute Gasteiger partial charge is 0.325 e. The zero-order chi connectivity index (χ0) is 22.0. The molecule has 1 aromatic carbocycles. The quantitative estimate of drug-likeness (QED) is 0.517. The van der Waals surface area contributed by atoms with Gasteiger partial charge >= 0.3 is 6.18 Å². The maximum Gasteiger partial charge on any atom is 0.416 e. The van der Waals surface area contributed by atoms with Crippen LogP contribution in [0.3, 0.4) is 0 Å². The number of thioether (sulfide) groups is 1. The molecule has 0 spiro atoms. The molecule has 0 saturated carbocycles. The molecule has 1 aliphatic heterocycles. The van der Waals surface area contributed by atoms with Gasteiger partial charge in [-0.25, -0.2) is 0 Å². The number of amidine groups is 1. The van der Waals surface area contributed by atoms with E-state index in [4.69, 9.17) is 11.6 Å². The van der Waals surface area contributed by atoms with Crippen molar-refractivity contribution in [3.8, 4) is 0 Å². The Morgan fingerprint density at radius 3 is 2.55 bits per heavy atom. The molecule has 1 saturated heterocycles. The van der Waals surface area contributed by atoms with Crippen LogP contribution in [-0.2, 0) is 15.8 Å². The van der Waals surface area contributed by atoms with Crippen LogP contribution < -0.4 is 10.6 Å². The number of rotatable bonds is 4. The molecule has 0 bridgehead atoms. The number of alkyl halides is 3.